The second-order valence-corrected chi connectivity index (χ2v) is 5.54. The van der Waals surface area contributed by atoms with Crippen molar-refractivity contribution in [3.63, 3.8) is 0 Å². The SMILES string of the molecule is CC(CO)CNC(C)(C)CCc1ccccc1. The third-order valence-corrected chi connectivity index (χ3v) is 3.12. The summed E-state index contributed by atoms with van der Waals surface area (Å²) >= 11 is 0. The van der Waals surface area contributed by atoms with E-state index in [1.165, 1.54) is 5.56 Å². The summed E-state index contributed by atoms with van der Waals surface area (Å²) in [7, 11) is 0. The van der Waals surface area contributed by atoms with Gasteiger partial charge in [-0.2, -0.15) is 0 Å². The van der Waals surface area contributed by atoms with Crippen molar-refractivity contribution in [1.82, 2.24) is 5.32 Å². The Hall–Kier alpha value is -0.860. The van der Waals surface area contributed by atoms with Crippen molar-refractivity contribution < 1.29 is 5.11 Å². The van der Waals surface area contributed by atoms with Crippen LogP contribution in [0.5, 0.6) is 0 Å². The van der Waals surface area contributed by atoms with E-state index in [4.69, 9.17) is 5.11 Å². The molecule has 2 N–H and O–H groups in total. The van der Waals surface area contributed by atoms with Gasteiger partial charge in [0.2, 0.25) is 0 Å². The van der Waals surface area contributed by atoms with E-state index in [-0.39, 0.29) is 12.1 Å². The molecule has 0 heterocycles. The summed E-state index contributed by atoms with van der Waals surface area (Å²) in [5.74, 6) is 0.325. The Morgan fingerprint density at radius 2 is 1.88 bits per heavy atom. The highest BCUT2D eigenvalue weighted by Crippen LogP contribution is 2.13. The summed E-state index contributed by atoms with van der Waals surface area (Å²) in [6, 6.07) is 10.6. The van der Waals surface area contributed by atoms with Crippen LogP contribution in [-0.4, -0.2) is 23.8 Å². The first-order chi connectivity index (χ1) is 8.03. The molecule has 0 aliphatic rings. The van der Waals surface area contributed by atoms with Crippen LogP contribution in [0.15, 0.2) is 30.3 Å². The van der Waals surface area contributed by atoms with E-state index >= 15 is 0 Å². The second kappa shape index (κ2) is 6.77. The molecule has 1 rings (SSSR count). The van der Waals surface area contributed by atoms with E-state index in [0.717, 1.165) is 19.4 Å². The van der Waals surface area contributed by atoms with Crippen LogP contribution in [0, 0.1) is 5.92 Å². The van der Waals surface area contributed by atoms with E-state index in [1.807, 2.05) is 0 Å². The van der Waals surface area contributed by atoms with E-state index in [2.05, 4.69) is 56.4 Å². The van der Waals surface area contributed by atoms with E-state index in [9.17, 15) is 0 Å². The molecule has 0 fully saturated rings. The Bertz CT molecular complexity index is 308. The van der Waals surface area contributed by atoms with Gasteiger partial charge >= 0.3 is 0 Å². The molecule has 1 aromatic rings. The molecule has 0 amide bonds. The number of hydrogen-bond acceptors (Lipinski definition) is 2. The van der Waals surface area contributed by atoms with Crippen molar-refractivity contribution in [3.05, 3.63) is 35.9 Å². The van der Waals surface area contributed by atoms with E-state index in [0.29, 0.717) is 5.92 Å². The number of benzene rings is 1. The largest absolute Gasteiger partial charge is 0.396 e. The van der Waals surface area contributed by atoms with Crippen LogP contribution in [0.25, 0.3) is 0 Å². The molecule has 2 heteroatoms. The Kier molecular flexibility index (Phi) is 5.66. The molecule has 1 unspecified atom stereocenters. The molecule has 0 spiro atoms. The van der Waals surface area contributed by atoms with Crippen LogP contribution in [0.1, 0.15) is 32.8 Å². The van der Waals surface area contributed by atoms with Gasteiger partial charge in [0, 0.05) is 18.7 Å². The normalized spacial score (nSPS) is 13.6. The lowest BCUT2D eigenvalue weighted by Crippen LogP contribution is -2.42. The molecule has 0 radical (unpaired) electrons. The Balaban J connectivity index is 2.34. The lowest BCUT2D eigenvalue weighted by molar-refractivity contribution is 0.219. The molecule has 1 atom stereocenters. The highest BCUT2D eigenvalue weighted by molar-refractivity contribution is 5.15. The minimum Gasteiger partial charge on any atom is -0.396 e. The lowest BCUT2D eigenvalue weighted by atomic mass is 9.94. The maximum absolute atomic E-state index is 9.00. The number of hydrogen-bond donors (Lipinski definition) is 2. The van der Waals surface area contributed by atoms with Crippen molar-refractivity contribution in [2.75, 3.05) is 13.2 Å². The Morgan fingerprint density at radius 1 is 1.24 bits per heavy atom. The highest BCUT2D eigenvalue weighted by Gasteiger charge is 2.17. The van der Waals surface area contributed by atoms with Gasteiger partial charge in [-0.25, -0.2) is 0 Å². The highest BCUT2D eigenvalue weighted by atomic mass is 16.3. The third kappa shape index (κ3) is 5.85. The summed E-state index contributed by atoms with van der Waals surface area (Å²) in [4.78, 5) is 0. The maximum Gasteiger partial charge on any atom is 0.0468 e. The fraction of sp³-hybridized carbons (Fsp3) is 0.600. The molecule has 0 aliphatic carbocycles. The molecule has 96 valence electrons. The molecule has 0 aliphatic heterocycles. The van der Waals surface area contributed by atoms with Gasteiger partial charge in [-0.1, -0.05) is 37.3 Å². The van der Waals surface area contributed by atoms with Gasteiger partial charge in [0.1, 0.15) is 0 Å². The first kappa shape index (κ1) is 14.2. The van der Waals surface area contributed by atoms with Crippen molar-refractivity contribution in [3.8, 4) is 0 Å². The summed E-state index contributed by atoms with van der Waals surface area (Å²) < 4.78 is 0. The number of aliphatic hydroxyl groups excluding tert-OH is 1. The van der Waals surface area contributed by atoms with Gasteiger partial charge in [-0.05, 0) is 38.2 Å². The molecule has 0 saturated carbocycles. The minimum absolute atomic E-state index is 0.124. The maximum atomic E-state index is 9.00. The summed E-state index contributed by atoms with van der Waals surface area (Å²) in [6.07, 6.45) is 2.20. The van der Waals surface area contributed by atoms with Crippen LogP contribution in [0.2, 0.25) is 0 Å². The van der Waals surface area contributed by atoms with Crippen LogP contribution < -0.4 is 5.32 Å². The zero-order valence-corrected chi connectivity index (χ0v) is 11.2. The zero-order chi connectivity index (χ0) is 12.7. The number of aryl methyl sites for hydroxylation is 1. The topological polar surface area (TPSA) is 32.3 Å². The van der Waals surface area contributed by atoms with Crippen molar-refractivity contribution in [2.24, 2.45) is 5.92 Å². The Labute approximate surface area is 105 Å². The van der Waals surface area contributed by atoms with Gasteiger partial charge in [0.05, 0.1) is 0 Å². The van der Waals surface area contributed by atoms with E-state index in [1.54, 1.807) is 0 Å². The standard InChI is InChI=1S/C15H25NO/c1-13(12-17)11-16-15(2,3)10-9-14-7-5-4-6-8-14/h4-8,13,16-17H,9-12H2,1-3H3. The fourth-order valence-corrected chi connectivity index (χ4v) is 1.70. The number of nitrogens with one attached hydrogen (secondary N) is 1. The molecule has 1 aromatic carbocycles. The van der Waals surface area contributed by atoms with Crippen LogP contribution >= 0.6 is 0 Å². The lowest BCUT2D eigenvalue weighted by Gasteiger charge is -2.28. The monoisotopic (exact) mass is 235 g/mol. The summed E-state index contributed by atoms with van der Waals surface area (Å²) in [5, 5.41) is 12.5. The number of rotatable bonds is 7. The fourth-order valence-electron chi connectivity index (χ4n) is 1.70. The second-order valence-electron chi connectivity index (χ2n) is 5.54. The molecular formula is C15H25NO. The average molecular weight is 235 g/mol. The third-order valence-electron chi connectivity index (χ3n) is 3.12. The van der Waals surface area contributed by atoms with Gasteiger partial charge in [0.25, 0.3) is 0 Å². The van der Waals surface area contributed by atoms with Crippen molar-refractivity contribution in [1.29, 1.82) is 0 Å². The molecule has 17 heavy (non-hydrogen) atoms. The zero-order valence-electron chi connectivity index (χ0n) is 11.2. The first-order valence-electron chi connectivity index (χ1n) is 6.43. The molecular weight excluding hydrogens is 210 g/mol. The van der Waals surface area contributed by atoms with Crippen LogP contribution in [-0.2, 0) is 6.42 Å². The predicted molar refractivity (Wildman–Crippen MR) is 73.1 cm³/mol. The molecule has 0 saturated heterocycles. The predicted octanol–water partition coefficient (Wildman–Crippen LogP) is 2.62. The first-order valence-corrected chi connectivity index (χ1v) is 6.43. The van der Waals surface area contributed by atoms with E-state index < -0.39 is 0 Å². The van der Waals surface area contributed by atoms with Crippen molar-refractivity contribution >= 4 is 0 Å². The van der Waals surface area contributed by atoms with Gasteiger partial charge < -0.3 is 10.4 Å². The quantitative estimate of drug-likeness (QED) is 0.761. The van der Waals surface area contributed by atoms with Crippen LogP contribution in [0.3, 0.4) is 0 Å². The smallest absolute Gasteiger partial charge is 0.0468 e. The van der Waals surface area contributed by atoms with Gasteiger partial charge in [-0.15, -0.1) is 0 Å². The summed E-state index contributed by atoms with van der Waals surface area (Å²) in [5.41, 5.74) is 1.51. The van der Waals surface area contributed by atoms with Crippen molar-refractivity contribution in [2.45, 2.75) is 39.2 Å². The average Bonchev–Trinajstić information content (AvgIpc) is 2.35. The molecule has 0 bridgehead atoms. The van der Waals surface area contributed by atoms with Gasteiger partial charge in [0.15, 0.2) is 0 Å². The van der Waals surface area contributed by atoms with Gasteiger partial charge in [-0.3, -0.25) is 0 Å². The molecule has 0 aromatic heterocycles. The van der Waals surface area contributed by atoms with Crippen LogP contribution in [0.4, 0.5) is 0 Å². The molecule has 2 nitrogen and oxygen atoms in total. The summed E-state index contributed by atoms with van der Waals surface area (Å²) in [6.45, 7) is 7.63. The minimum atomic E-state index is 0.124. The number of aliphatic hydroxyl groups is 1. The Morgan fingerprint density at radius 3 is 2.47 bits per heavy atom.